The topological polar surface area (TPSA) is 66.0 Å². The number of hydrogen-bond acceptors (Lipinski definition) is 4. The molecule has 0 bridgehead atoms. The SMILES string of the molecule is COc1cccc(-n2nnc(CN)c2-c2ccc(F)cc2)c1. The number of nitrogens with zero attached hydrogens (tertiary/aromatic N) is 3. The summed E-state index contributed by atoms with van der Waals surface area (Å²) in [7, 11) is 1.60. The molecule has 0 aliphatic rings. The van der Waals surface area contributed by atoms with Crippen LogP contribution in [0.2, 0.25) is 0 Å². The highest BCUT2D eigenvalue weighted by Crippen LogP contribution is 2.26. The minimum absolute atomic E-state index is 0.247. The lowest BCUT2D eigenvalue weighted by atomic mass is 10.1. The number of ether oxygens (including phenoxy) is 1. The molecule has 6 heteroatoms. The van der Waals surface area contributed by atoms with E-state index in [-0.39, 0.29) is 12.4 Å². The van der Waals surface area contributed by atoms with Crippen LogP contribution in [0.4, 0.5) is 4.39 Å². The molecular formula is C16H15FN4O. The molecule has 0 atom stereocenters. The fraction of sp³-hybridized carbons (Fsp3) is 0.125. The van der Waals surface area contributed by atoms with Crippen LogP contribution in [0.5, 0.6) is 5.75 Å². The lowest BCUT2D eigenvalue weighted by Crippen LogP contribution is -2.03. The third-order valence-electron chi connectivity index (χ3n) is 3.35. The van der Waals surface area contributed by atoms with Gasteiger partial charge in [0.15, 0.2) is 0 Å². The molecule has 1 aromatic heterocycles. The fourth-order valence-electron chi connectivity index (χ4n) is 2.27. The van der Waals surface area contributed by atoms with E-state index in [2.05, 4.69) is 10.3 Å². The van der Waals surface area contributed by atoms with E-state index < -0.39 is 0 Å². The van der Waals surface area contributed by atoms with Crippen molar-refractivity contribution in [3.05, 3.63) is 60.0 Å². The Morgan fingerprint density at radius 1 is 1.18 bits per heavy atom. The van der Waals surface area contributed by atoms with Gasteiger partial charge in [-0.05, 0) is 36.4 Å². The smallest absolute Gasteiger partial charge is 0.123 e. The monoisotopic (exact) mass is 298 g/mol. The molecule has 1 heterocycles. The van der Waals surface area contributed by atoms with Crippen LogP contribution in [0, 0.1) is 5.82 Å². The van der Waals surface area contributed by atoms with Crippen LogP contribution in [0.1, 0.15) is 5.69 Å². The van der Waals surface area contributed by atoms with Gasteiger partial charge < -0.3 is 10.5 Å². The van der Waals surface area contributed by atoms with Crippen LogP contribution in [0.15, 0.2) is 48.5 Å². The first-order valence-corrected chi connectivity index (χ1v) is 6.78. The molecule has 0 amide bonds. The van der Waals surface area contributed by atoms with Gasteiger partial charge in [0, 0.05) is 18.2 Å². The molecule has 0 aliphatic carbocycles. The van der Waals surface area contributed by atoms with Crippen molar-refractivity contribution in [3.8, 4) is 22.7 Å². The molecule has 0 spiro atoms. The molecule has 0 saturated heterocycles. The molecule has 2 N–H and O–H groups in total. The fourth-order valence-corrected chi connectivity index (χ4v) is 2.27. The van der Waals surface area contributed by atoms with E-state index in [0.29, 0.717) is 11.4 Å². The molecule has 22 heavy (non-hydrogen) atoms. The van der Waals surface area contributed by atoms with E-state index in [0.717, 1.165) is 16.9 Å². The molecule has 3 aromatic rings. The number of halogens is 1. The Labute approximate surface area is 127 Å². The third-order valence-corrected chi connectivity index (χ3v) is 3.35. The molecule has 0 aliphatic heterocycles. The van der Waals surface area contributed by atoms with Crippen LogP contribution < -0.4 is 10.5 Å². The molecule has 0 fully saturated rings. The number of methoxy groups -OCH3 is 1. The van der Waals surface area contributed by atoms with Gasteiger partial charge in [0.05, 0.1) is 18.5 Å². The van der Waals surface area contributed by atoms with Gasteiger partial charge in [0.1, 0.15) is 17.3 Å². The molecule has 2 aromatic carbocycles. The number of rotatable bonds is 4. The van der Waals surface area contributed by atoms with E-state index in [1.54, 1.807) is 23.9 Å². The molecule has 3 rings (SSSR count). The summed E-state index contributed by atoms with van der Waals surface area (Å²) < 4.78 is 20.1. The van der Waals surface area contributed by atoms with E-state index in [4.69, 9.17) is 10.5 Å². The third kappa shape index (κ3) is 2.56. The number of aromatic nitrogens is 3. The summed E-state index contributed by atoms with van der Waals surface area (Å²) >= 11 is 0. The largest absolute Gasteiger partial charge is 0.497 e. The standard InChI is InChI=1S/C16H15FN4O/c1-22-14-4-2-3-13(9-14)21-16(15(10-18)19-20-21)11-5-7-12(17)8-6-11/h2-9H,10,18H2,1H3. The highest BCUT2D eigenvalue weighted by molar-refractivity contribution is 5.64. The minimum Gasteiger partial charge on any atom is -0.497 e. The summed E-state index contributed by atoms with van der Waals surface area (Å²) in [5.41, 5.74) is 8.74. The van der Waals surface area contributed by atoms with Crippen LogP contribution in [-0.2, 0) is 6.54 Å². The van der Waals surface area contributed by atoms with Gasteiger partial charge in [-0.2, -0.15) is 0 Å². The first-order valence-electron chi connectivity index (χ1n) is 6.78. The Kier molecular flexibility index (Phi) is 3.84. The Hall–Kier alpha value is -2.73. The van der Waals surface area contributed by atoms with Crippen LogP contribution in [0.3, 0.4) is 0 Å². The lowest BCUT2D eigenvalue weighted by Gasteiger charge is -2.09. The van der Waals surface area contributed by atoms with Gasteiger partial charge in [0.25, 0.3) is 0 Å². The first kappa shape index (κ1) is 14.2. The second-order valence-corrected chi connectivity index (χ2v) is 4.71. The van der Waals surface area contributed by atoms with Crippen molar-refractivity contribution >= 4 is 0 Å². The number of hydrogen-bond donors (Lipinski definition) is 1. The van der Waals surface area contributed by atoms with Crippen molar-refractivity contribution in [3.63, 3.8) is 0 Å². The maximum absolute atomic E-state index is 13.2. The predicted octanol–water partition coefficient (Wildman–Crippen LogP) is 2.54. The summed E-state index contributed by atoms with van der Waals surface area (Å²) in [5.74, 6) is 0.422. The van der Waals surface area contributed by atoms with E-state index >= 15 is 0 Å². The van der Waals surface area contributed by atoms with Gasteiger partial charge >= 0.3 is 0 Å². The van der Waals surface area contributed by atoms with Gasteiger partial charge in [-0.1, -0.05) is 11.3 Å². The van der Waals surface area contributed by atoms with E-state index in [1.165, 1.54) is 12.1 Å². The van der Waals surface area contributed by atoms with Crippen molar-refractivity contribution in [1.82, 2.24) is 15.0 Å². The van der Waals surface area contributed by atoms with Crippen molar-refractivity contribution in [2.24, 2.45) is 5.73 Å². The second kappa shape index (κ2) is 5.95. The van der Waals surface area contributed by atoms with Crippen LogP contribution in [-0.4, -0.2) is 22.1 Å². The quantitative estimate of drug-likeness (QED) is 0.804. The highest BCUT2D eigenvalue weighted by atomic mass is 19.1. The molecule has 5 nitrogen and oxygen atoms in total. The maximum Gasteiger partial charge on any atom is 0.123 e. The molecule has 0 radical (unpaired) electrons. The molecule has 112 valence electrons. The molecule has 0 unspecified atom stereocenters. The van der Waals surface area contributed by atoms with Gasteiger partial charge in [-0.3, -0.25) is 0 Å². The zero-order chi connectivity index (χ0) is 15.5. The van der Waals surface area contributed by atoms with Crippen molar-refractivity contribution in [2.45, 2.75) is 6.54 Å². The lowest BCUT2D eigenvalue weighted by molar-refractivity contribution is 0.414. The second-order valence-electron chi connectivity index (χ2n) is 4.71. The Morgan fingerprint density at radius 2 is 1.95 bits per heavy atom. The summed E-state index contributed by atoms with van der Waals surface area (Å²) in [5, 5.41) is 8.29. The number of benzene rings is 2. The summed E-state index contributed by atoms with van der Waals surface area (Å²) in [4.78, 5) is 0. The molecule has 0 saturated carbocycles. The maximum atomic E-state index is 13.2. The van der Waals surface area contributed by atoms with Crippen molar-refractivity contribution < 1.29 is 9.13 Å². The minimum atomic E-state index is -0.293. The zero-order valence-electron chi connectivity index (χ0n) is 12.0. The van der Waals surface area contributed by atoms with Gasteiger partial charge in [-0.25, -0.2) is 9.07 Å². The van der Waals surface area contributed by atoms with Crippen LogP contribution >= 0.6 is 0 Å². The zero-order valence-corrected chi connectivity index (χ0v) is 12.0. The van der Waals surface area contributed by atoms with Gasteiger partial charge in [-0.15, -0.1) is 5.10 Å². The Balaban J connectivity index is 2.16. The van der Waals surface area contributed by atoms with Crippen molar-refractivity contribution in [2.75, 3.05) is 7.11 Å². The summed E-state index contributed by atoms with van der Waals surface area (Å²) in [6.45, 7) is 0.247. The van der Waals surface area contributed by atoms with Crippen molar-refractivity contribution in [1.29, 1.82) is 0 Å². The summed E-state index contributed by atoms with van der Waals surface area (Å²) in [6, 6.07) is 13.6. The molecular weight excluding hydrogens is 283 g/mol. The highest BCUT2D eigenvalue weighted by Gasteiger charge is 2.15. The predicted molar refractivity (Wildman–Crippen MR) is 81.2 cm³/mol. The van der Waals surface area contributed by atoms with E-state index in [9.17, 15) is 4.39 Å². The number of nitrogens with two attached hydrogens (primary N) is 1. The normalized spacial score (nSPS) is 10.7. The summed E-state index contributed by atoms with van der Waals surface area (Å²) in [6.07, 6.45) is 0. The van der Waals surface area contributed by atoms with Gasteiger partial charge in [0.2, 0.25) is 0 Å². The average molecular weight is 298 g/mol. The Morgan fingerprint density at radius 3 is 2.64 bits per heavy atom. The van der Waals surface area contributed by atoms with E-state index in [1.807, 2.05) is 24.3 Å². The van der Waals surface area contributed by atoms with Crippen LogP contribution in [0.25, 0.3) is 16.9 Å². The first-order chi connectivity index (χ1) is 10.7. The Bertz CT molecular complexity index is 783. The average Bonchev–Trinajstić information content (AvgIpc) is 2.99.